The smallest absolute Gasteiger partial charge is 0.255 e. The summed E-state index contributed by atoms with van der Waals surface area (Å²) in [5, 5.41) is 0. The van der Waals surface area contributed by atoms with Gasteiger partial charge in [0.15, 0.2) is 0 Å². The molecule has 2 fully saturated rings. The van der Waals surface area contributed by atoms with Gasteiger partial charge in [-0.1, -0.05) is 15.9 Å². The molecule has 2 aliphatic rings. The first kappa shape index (κ1) is 13.5. The monoisotopic (exact) mass is 340 g/mol. The lowest BCUT2D eigenvalue weighted by molar-refractivity contribution is 0.0624. The lowest BCUT2D eigenvalue weighted by Gasteiger charge is -2.35. The van der Waals surface area contributed by atoms with Crippen LogP contribution in [0.5, 0.6) is 0 Å². The van der Waals surface area contributed by atoms with E-state index in [1.165, 1.54) is 12.8 Å². The van der Waals surface area contributed by atoms with E-state index in [1.807, 2.05) is 23.1 Å². The molecule has 0 bridgehead atoms. The van der Waals surface area contributed by atoms with E-state index >= 15 is 0 Å². The second kappa shape index (κ2) is 5.46. The number of piperazine rings is 1. The maximum absolute atomic E-state index is 12.5. The number of halogens is 1. The van der Waals surface area contributed by atoms with E-state index in [0.29, 0.717) is 5.56 Å². The van der Waals surface area contributed by atoms with E-state index < -0.39 is 0 Å². The molecule has 0 aromatic heterocycles. The second-order valence-corrected chi connectivity index (χ2v) is 6.62. The Kier molecular flexibility index (Phi) is 3.87. The molecule has 1 aliphatic heterocycles. The predicted octanol–water partition coefficient (Wildman–Crippen LogP) is 2.66. The van der Waals surface area contributed by atoms with Crippen LogP contribution in [-0.4, -0.2) is 47.9 Å². The quantitative estimate of drug-likeness (QED) is 0.836. The highest BCUT2D eigenvalue weighted by atomic mass is 79.9. The predicted molar refractivity (Wildman–Crippen MR) is 81.9 cm³/mol. The SMILES string of the molecule is O=C(c1ccc(Br)cc1S)N1CCN(C2CC2)CC1. The fourth-order valence-corrected chi connectivity index (χ4v) is 3.43. The molecule has 3 rings (SSSR count). The molecule has 1 aromatic rings. The number of nitrogens with zero attached hydrogens (tertiary/aromatic N) is 2. The van der Waals surface area contributed by atoms with E-state index in [0.717, 1.165) is 41.6 Å². The summed E-state index contributed by atoms with van der Waals surface area (Å²) in [5.41, 5.74) is 0.700. The maximum Gasteiger partial charge on any atom is 0.255 e. The van der Waals surface area contributed by atoms with E-state index in [4.69, 9.17) is 0 Å². The molecule has 1 saturated heterocycles. The Hall–Kier alpha value is -0.520. The number of rotatable bonds is 2. The van der Waals surface area contributed by atoms with Gasteiger partial charge in [0, 0.05) is 41.6 Å². The normalized spacial score (nSPS) is 20.6. The Morgan fingerprint density at radius 1 is 1.21 bits per heavy atom. The molecule has 0 unspecified atom stereocenters. The van der Waals surface area contributed by atoms with Crippen molar-refractivity contribution in [2.75, 3.05) is 26.2 Å². The average Bonchev–Trinajstić information content (AvgIpc) is 3.22. The molecule has 0 spiro atoms. The Morgan fingerprint density at radius 2 is 1.89 bits per heavy atom. The van der Waals surface area contributed by atoms with Gasteiger partial charge < -0.3 is 4.90 Å². The van der Waals surface area contributed by atoms with Crippen LogP contribution in [0, 0.1) is 0 Å². The van der Waals surface area contributed by atoms with Gasteiger partial charge in [0.2, 0.25) is 0 Å². The minimum Gasteiger partial charge on any atom is -0.336 e. The summed E-state index contributed by atoms with van der Waals surface area (Å²) < 4.78 is 0.951. The molecule has 1 heterocycles. The highest BCUT2D eigenvalue weighted by Crippen LogP contribution is 2.28. The van der Waals surface area contributed by atoms with Crippen LogP contribution in [0.4, 0.5) is 0 Å². The van der Waals surface area contributed by atoms with Gasteiger partial charge in [-0.25, -0.2) is 0 Å². The third-order valence-electron chi connectivity index (χ3n) is 3.85. The zero-order chi connectivity index (χ0) is 13.4. The first-order valence-corrected chi connectivity index (χ1v) is 7.91. The van der Waals surface area contributed by atoms with Crippen molar-refractivity contribution in [1.82, 2.24) is 9.80 Å². The highest BCUT2D eigenvalue weighted by molar-refractivity contribution is 9.10. The number of hydrogen-bond acceptors (Lipinski definition) is 3. The van der Waals surface area contributed by atoms with E-state index in [9.17, 15) is 4.79 Å². The third-order valence-corrected chi connectivity index (χ3v) is 4.72. The molecule has 102 valence electrons. The van der Waals surface area contributed by atoms with E-state index in [2.05, 4.69) is 33.5 Å². The number of benzene rings is 1. The van der Waals surface area contributed by atoms with E-state index in [-0.39, 0.29) is 5.91 Å². The minimum atomic E-state index is 0.105. The highest BCUT2D eigenvalue weighted by Gasteiger charge is 2.32. The van der Waals surface area contributed by atoms with Crippen molar-refractivity contribution in [3.8, 4) is 0 Å². The molecule has 1 saturated carbocycles. The molecule has 1 aliphatic carbocycles. The Morgan fingerprint density at radius 3 is 2.47 bits per heavy atom. The Labute approximate surface area is 127 Å². The zero-order valence-electron chi connectivity index (χ0n) is 10.7. The first-order chi connectivity index (χ1) is 9.15. The van der Waals surface area contributed by atoms with Crippen LogP contribution in [0.2, 0.25) is 0 Å². The molecule has 1 amide bonds. The number of carbonyl (C=O) groups is 1. The largest absolute Gasteiger partial charge is 0.336 e. The van der Waals surface area contributed by atoms with Gasteiger partial charge in [0.25, 0.3) is 5.91 Å². The Bertz CT molecular complexity index is 496. The summed E-state index contributed by atoms with van der Waals surface area (Å²) in [7, 11) is 0. The lowest BCUT2D eigenvalue weighted by atomic mass is 10.2. The van der Waals surface area contributed by atoms with Crippen LogP contribution >= 0.6 is 28.6 Å². The number of hydrogen-bond donors (Lipinski definition) is 1. The molecule has 0 N–H and O–H groups in total. The summed E-state index contributed by atoms with van der Waals surface area (Å²) >= 11 is 7.79. The molecule has 5 heteroatoms. The van der Waals surface area contributed by atoms with Gasteiger partial charge in [0.1, 0.15) is 0 Å². The van der Waals surface area contributed by atoms with Crippen LogP contribution in [0.15, 0.2) is 27.6 Å². The summed E-state index contributed by atoms with van der Waals surface area (Å²) in [6, 6.07) is 6.41. The van der Waals surface area contributed by atoms with Crippen LogP contribution in [0.3, 0.4) is 0 Å². The summed E-state index contributed by atoms with van der Waals surface area (Å²) in [4.78, 5) is 17.7. The second-order valence-electron chi connectivity index (χ2n) is 5.22. The van der Waals surface area contributed by atoms with Gasteiger partial charge in [-0.3, -0.25) is 9.69 Å². The lowest BCUT2D eigenvalue weighted by Crippen LogP contribution is -2.49. The minimum absolute atomic E-state index is 0.105. The van der Waals surface area contributed by atoms with Crippen LogP contribution < -0.4 is 0 Å². The van der Waals surface area contributed by atoms with Gasteiger partial charge in [0.05, 0.1) is 5.56 Å². The molecule has 19 heavy (non-hydrogen) atoms. The molecule has 1 aromatic carbocycles. The summed E-state index contributed by atoms with van der Waals surface area (Å²) in [6.07, 6.45) is 2.67. The van der Waals surface area contributed by atoms with Crippen molar-refractivity contribution < 1.29 is 4.79 Å². The molecular weight excluding hydrogens is 324 g/mol. The fourth-order valence-electron chi connectivity index (χ4n) is 2.59. The van der Waals surface area contributed by atoms with Crippen molar-refractivity contribution in [3.63, 3.8) is 0 Å². The summed E-state index contributed by atoms with van der Waals surface area (Å²) in [6.45, 7) is 3.68. The van der Waals surface area contributed by atoms with Gasteiger partial charge in [-0.15, -0.1) is 12.6 Å². The van der Waals surface area contributed by atoms with Crippen molar-refractivity contribution in [2.24, 2.45) is 0 Å². The maximum atomic E-state index is 12.5. The van der Waals surface area contributed by atoms with Crippen LogP contribution in [-0.2, 0) is 0 Å². The van der Waals surface area contributed by atoms with Crippen LogP contribution in [0.25, 0.3) is 0 Å². The molecule has 0 atom stereocenters. The van der Waals surface area contributed by atoms with Gasteiger partial charge in [-0.05, 0) is 31.0 Å². The summed E-state index contributed by atoms with van der Waals surface area (Å²) in [5.74, 6) is 0.105. The zero-order valence-corrected chi connectivity index (χ0v) is 13.2. The number of carbonyl (C=O) groups excluding carboxylic acids is 1. The van der Waals surface area contributed by atoms with Crippen molar-refractivity contribution >= 4 is 34.5 Å². The number of amides is 1. The van der Waals surface area contributed by atoms with E-state index in [1.54, 1.807) is 0 Å². The molecule has 3 nitrogen and oxygen atoms in total. The molecular formula is C14H17BrN2OS. The van der Waals surface area contributed by atoms with Gasteiger partial charge >= 0.3 is 0 Å². The van der Waals surface area contributed by atoms with Gasteiger partial charge in [-0.2, -0.15) is 0 Å². The topological polar surface area (TPSA) is 23.6 Å². The standard InChI is InChI=1S/C14H17BrN2OS/c15-10-1-4-12(13(19)9-10)14(18)17-7-5-16(6-8-17)11-2-3-11/h1,4,9,11,19H,2-3,5-8H2. The van der Waals surface area contributed by atoms with Crippen molar-refractivity contribution in [2.45, 2.75) is 23.8 Å². The van der Waals surface area contributed by atoms with Crippen molar-refractivity contribution in [3.05, 3.63) is 28.2 Å². The first-order valence-electron chi connectivity index (χ1n) is 6.67. The third kappa shape index (κ3) is 2.98. The fraction of sp³-hybridized carbons (Fsp3) is 0.500. The average molecular weight is 341 g/mol. The van der Waals surface area contributed by atoms with Crippen molar-refractivity contribution in [1.29, 1.82) is 0 Å². The molecule has 0 radical (unpaired) electrons. The number of thiol groups is 1. The van der Waals surface area contributed by atoms with Crippen LogP contribution in [0.1, 0.15) is 23.2 Å². The Balaban J connectivity index is 1.67.